The number of rotatable bonds is 3. The largest absolute Gasteiger partial charge is 0.491 e. The molecule has 0 amide bonds. The Balaban J connectivity index is 2.05. The molecule has 4 heteroatoms. The highest BCUT2D eigenvalue weighted by Crippen LogP contribution is 2.38. The molecule has 0 spiro atoms. The van der Waals surface area contributed by atoms with Crippen LogP contribution in [0.25, 0.3) is 10.9 Å². The summed E-state index contributed by atoms with van der Waals surface area (Å²) in [7, 11) is 1.67. The Kier molecular flexibility index (Phi) is 3.74. The molecule has 1 fully saturated rings. The number of ether oxygens (including phenoxy) is 2. The number of pyridine rings is 1. The molecule has 0 atom stereocenters. The summed E-state index contributed by atoms with van der Waals surface area (Å²) in [6, 6.07) is 8.06. The number of piperidine rings is 1. The van der Waals surface area contributed by atoms with E-state index in [1.807, 2.05) is 31.2 Å². The van der Waals surface area contributed by atoms with Crippen LogP contribution in [-0.4, -0.2) is 31.3 Å². The first-order valence-electron chi connectivity index (χ1n) is 7.10. The van der Waals surface area contributed by atoms with Crippen molar-refractivity contribution in [3.05, 3.63) is 30.0 Å². The minimum atomic E-state index is 0.246. The second-order valence-corrected chi connectivity index (χ2v) is 5.14. The average Bonchev–Trinajstić information content (AvgIpc) is 2.48. The molecule has 3 rings (SSSR count). The molecule has 1 aliphatic rings. The smallest absolute Gasteiger partial charge is 0.182 e. The molecule has 0 radical (unpaired) electrons. The van der Waals surface area contributed by atoms with Crippen LogP contribution in [0.5, 0.6) is 11.5 Å². The first-order chi connectivity index (χ1) is 9.79. The van der Waals surface area contributed by atoms with Gasteiger partial charge >= 0.3 is 0 Å². The number of nitrogens with zero attached hydrogens (tertiary/aromatic N) is 1. The maximum Gasteiger partial charge on any atom is 0.182 e. The molecular weight excluding hydrogens is 252 g/mol. The third-order valence-corrected chi connectivity index (χ3v) is 3.75. The van der Waals surface area contributed by atoms with Gasteiger partial charge in [-0.15, -0.1) is 0 Å². The molecular formula is C16H20N2O2. The summed E-state index contributed by atoms with van der Waals surface area (Å²) in [5, 5.41) is 4.38. The maximum absolute atomic E-state index is 6.27. The zero-order chi connectivity index (χ0) is 13.9. The van der Waals surface area contributed by atoms with Crippen LogP contribution < -0.4 is 14.8 Å². The van der Waals surface area contributed by atoms with Crippen molar-refractivity contribution in [3.8, 4) is 11.5 Å². The Bertz CT molecular complexity index is 607. The van der Waals surface area contributed by atoms with Crippen LogP contribution in [0, 0.1) is 6.92 Å². The topological polar surface area (TPSA) is 43.4 Å². The number of fused-ring (bicyclic) bond motifs is 1. The number of aromatic nitrogens is 1. The standard InChI is InChI=1S/C16H20N2O2/c1-11-15(19-2)16(20-12-7-9-17-10-8-12)13-5-3-4-6-14(13)18-11/h3-6,12,17H,7-10H2,1-2H3. The first-order valence-corrected chi connectivity index (χ1v) is 7.10. The summed E-state index contributed by atoms with van der Waals surface area (Å²) in [5.41, 5.74) is 1.82. The van der Waals surface area contributed by atoms with Crippen LogP contribution in [0.15, 0.2) is 24.3 Å². The van der Waals surface area contributed by atoms with Crippen LogP contribution in [0.3, 0.4) is 0 Å². The van der Waals surface area contributed by atoms with Crippen molar-refractivity contribution >= 4 is 10.9 Å². The quantitative estimate of drug-likeness (QED) is 0.933. The van der Waals surface area contributed by atoms with Gasteiger partial charge in [0.2, 0.25) is 0 Å². The maximum atomic E-state index is 6.27. The molecule has 20 heavy (non-hydrogen) atoms. The third-order valence-electron chi connectivity index (χ3n) is 3.75. The summed E-state index contributed by atoms with van der Waals surface area (Å²) in [6.07, 6.45) is 2.30. The van der Waals surface area contributed by atoms with Crippen molar-refractivity contribution in [1.29, 1.82) is 0 Å². The summed E-state index contributed by atoms with van der Waals surface area (Å²) in [5.74, 6) is 1.59. The predicted molar refractivity (Wildman–Crippen MR) is 79.6 cm³/mol. The number of para-hydroxylation sites is 1. The highest BCUT2D eigenvalue weighted by Gasteiger charge is 2.20. The molecule has 0 aliphatic carbocycles. The fourth-order valence-corrected chi connectivity index (χ4v) is 2.72. The van der Waals surface area contributed by atoms with E-state index in [-0.39, 0.29) is 6.10 Å². The monoisotopic (exact) mass is 272 g/mol. The van der Waals surface area contributed by atoms with Crippen LogP contribution in [0.4, 0.5) is 0 Å². The van der Waals surface area contributed by atoms with E-state index in [0.29, 0.717) is 0 Å². The van der Waals surface area contributed by atoms with Crippen LogP contribution in [-0.2, 0) is 0 Å². The van der Waals surface area contributed by atoms with Gasteiger partial charge in [0.25, 0.3) is 0 Å². The lowest BCUT2D eigenvalue weighted by atomic mass is 10.1. The second-order valence-electron chi connectivity index (χ2n) is 5.14. The van der Waals surface area contributed by atoms with Gasteiger partial charge in [0.15, 0.2) is 11.5 Å². The van der Waals surface area contributed by atoms with Gasteiger partial charge in [-0.1, -0.05) is 12.1 Å². The van der Waals surface area contributed by atoms with Gasteiger partial charge in [0.05, 0.1) is 18.3 Å². The molecule has 1 aromatic carbocycles. The Morgan fingerprint density at radius 2 is 1.90 bits per heavy atom. The fourth-order valence-electron chi connectivity index (χ4n) is 2.72. The average molecular weight is 272 g/mol. The third kappa shape index (κ3) is 2.43. The van der Waals surface area contributed by atoms with Crippen LogP contribution in [0.1, 0.15) is 18.5 Å². The van der Waals surface area contributed by atoms with E-state index in [4.69, 9.17) is 9.47 Å². The van der Waals surface area contributed by atoms with Crippen LogP contribution >= 0.6 is 0 Å². The zero-order valence-corrected chi connectivity index (χ0v) is 12.0. The van der Waals surface area contributed by atoms with E-state index in [1.165, 1.54) is 0 Å². The molecule has 1 aromatic heterocycles. The Morgan fingerprint density at radius 1 is 1.15 bits per heavy atom. The van der Waals surface area contributed by atoms with E-state index in [9.17, 15) is 0 Å². The molecule has 4 nitrogen and oxygen atoms in total. The number of aryl methyl sites for hydroxylation is 1. The van der Waals surface area contributed by atoms with Crippen molar-refractivity contribution in [2.24, 2.45) is 0 Å². The lowest BCUT2D eigenvalue weighted by Gasteiger charge is -2.25. The summed E-state index contributed by atoms with van der Waals surface area (Å²) >= 11 is 0. The van der Waals surface area contributed by atoms with Crippen molar-refractivity contribution in [3.63, 3.8) is 0 Å². The molecule has 0 bridgehead atoms. The van der Waals surface area contributed by atoms with Gasteiger partial charge in [0, 0.05) is 5.39 Å². The molecule has 1 N–H and O–H groups in total. The van der Waals surface area contributed by atoms with Crippen molar-refractivity contribution in [2.45, 2.75) is 25.9 Å². The molecule has 106 valence electrons. The molecule has 0 unspecified atom stereocenters. The molecule has 1 aliphatic heterocycles. The molecule has 0 saturated carbocycles. The Hall–Kier alpha value is -1.81. The normalized spacial score (nSPS) is 16.3. The van der Waals surface area contributed by atoms with Crippen molar-refractivity contribution < 1.29 is 9.47 Å². The number of hydrogen-bond donors (Lipinski definition) is 1. The molecule has 2 heterocycles. The highest BCUT2D eigenvalue weighted by atomic mass is 16.5. The zero-order valence-electron chi connectivity index (χ0n) is 12.0. The highest BCUT2D eigenvalue weighted by molar-refractivity contribution is 5.88. The molecule has 1 saturated heterocycles. The summed E-state index contributed by atoms with van der Waals surface area (Å²) < 4.78 is 11.8. The van der Waals surface area contributed by atoms with Gasteiger partial charge in [-0.25, -0.2) is 4.98 Å². The van der Waals surface area contributed by atoms with Gasteiger partial charge in [-0.05, 0) is 45.0 Å². The minimum absolute atomic E-state index is 0.246. The number of methoxy groups -OCH3 is 1. The fraction of sp³-hybridized carbons (Fsp3) is 0.438. The van der Waals surface area contributed by atoms with E-state index in [0.717, 1.165) is 54.0 Å². The van der Waals surface area contributed by atoms with E-state index in [2.05, 4.69) is 10.3 Å². The lowest BCUT2D eigenvalue weighted by Crippen LogP contribution is -2.34. The Morgan fingerprint density at radius 3 is 2.65 bits per heavy atom. The summed E-state index contributed by atoms with van der Waals surface area (Å²) in [4.78, 5) is 4.58. The van der Waals surface area contributed by atoms with Crippen molar-refractivity contribution in [1.82, 2.24) is 10.3 Å². The van der Waals surface area contributed by atoms with Gasteiger partial charge in [-0.3, -0.25) is 0 Å². The second kappa shape index (κ2) is 5.67. The number of hydrogen-bond acceptors (Lipinski definition) is 4. The lowest BCUT2D eigenvalue weighted by molar-refractivity contribution is 0.158. The van der Waals surface area contributed by atoms with E-state index >= 15 is 0 Å². The van der Waals surface area contributed by atoms with Gasteiger partial charge < -0.3 is 14.8 Å². The number of nitrogens with one attached hydrogen (secondary N) is 1. The SMILES string of the molecule is COc1c(C)nc2ccccc2c1OC1CCNCC1. The first kappa shape index (κ1) is 13.2. The molecule has 2 aromatic rings. The van der Waals surface area contributed by atoms with Gasteiger partial charge in [-0.2, -0.15) is 0 Å². The van der Waals surface area contributed by atoms with Gasteiger partial charge in [0.1, 0.15) is 6.10 Å². The number of benzene rings is 1. The van der Waals surface area contributed by atoms with Crippen molar-refractivity contribution in [2.75, 3.05) is 20.2 Å². The van der Waals surface area contributed by atoms with E-state index in [1.54, 1.807) is 7.11 Å². The summed E-state index contributed by atoms with van der Waals surface area (Å²) in [6.45, 7) is 3.98. The van der Waals surface area contributed by atoms with Crippen LogP contribution in [0.2, 0.25) is 0 Å². The predicted octanol–water partition coefficient (Wildman–Crippen LogP) is 2.68. The minimum Gasteiger partial charge on any atom is -0.491 e. The Labute approximate surface area is 119 Å². The van der Waals surface area contributed by atoms with E-state index < -0.39 is 0 Å².